The van der Waals surface area contributed by atoms with Crippen LogP contribution in [0.2, 0.25) is 5.02 Å². The van der Waals surface area contributed by atoms with Gasteiger partial charge in [-0.1, -0.05) is 41.9 Å². The van der Waals surface area contributed by atoms with Crippen LogP contribution in [0.25, 0.3) is 0 Å². The van der Waals surface area contributed by atoms with Gasteiger partial charge in [0.1, 0.15) is 12.4 Å². The Balaban J connectivity index is 1.46. The Bertz CT molecular complexity index is 659. The van der Waals surface area contributed by atoms with E-state index in [1.54, 1.807) is 0 Å². The standard InChI is InChI=1S/C20H26ClN3O/c21-19-6-3-4-17(14-19)16-25-20-7-2-1-5-18(20)15-23-10-13-24-11-8-22-9-12-24/h1-7,14,22-23H,8-13,15-16H2. The zero-order chi connectivity index (χ0) is 17.3. The molecule has 2 aromatic carbocycles. The van der Waals surface area contributed by atoms with Crippen LogP contribution in [0.1, 0.15) is 11.1 Å². The molecule has 1 saturated heterocycles. The summed E-state index contributed by atoms with van der Waals surface area (Å²) in [7, 11) is 0. The highest BCUT2D eigenvalue weighted by atomic mass is 35.5. The highest BCUT2D eigenvalue weighted by Crippen LogP contribution is 2.20. The van der Waals surface area contributed by atoms with Crippen LogP contribution in [0.3, 0.4) is 0 Å². The number of para-hydroxylation sites is 1. The van der Waals surface area contributed by atoms with Crippen LogP contribution in [0, 0.1) is 0 Å². The number of hydrogen-bond donors (Lipinski definition) is 2. The fourth-order valence-electron chi connectivity index (χ4n) is 2.97. The second-order valence-electron chi connectivity index (χ2n) is 6.29. The van der Waals surface area contributed by atoms with Gasteiger partial charge in [0.2, 0.25) is 0 Å². The van der Waals surface area contributed by atoms with Gasteiger partial charge < -0.3 is 15.4 Å². The maximum Gasteiger partial charge on any atom is 0.124 e. The number of nitrogens with zero attached hydrogens (tertiary/aromatic N) is 1. The fraction of sp³-hybridized carbons (Fsp3) is 0.400. The Morgan fingerprint density at radius 3 is 2.76 bits per heavy atom. The highest BCUT2D eigenvalue weighted by Gasteiger charge is 2.09. The van der Waals surface area contributed by atoms with Crippen molar-refractivity contribution in [1.82, 2.24) is 15.5 Å². The first-order valence-electron chi connectivity index (χ1n) is 8.90. The van der Waals surface area contributed by atoms with Gasteiger partial charge in [0.05, 0.1) is 0 Å². The van der Waals surface area contributed by atoms with Crippen LogP contribution in [-0.2, 0) is 13.2 Å². The van der Waals surface area contributed by atoms with Crippen LogP contribution in [0.5, 0.6) is 5.75 Å². The lowest BCUT2D eigenvalue weighted by Crippen LogP contribution is -2.45. The van der Waals surface area contributed by atoms with Crippen LogP contribution in [-0.4, -0.2) is 44.2 Å². The third-order valence-electron chi connectivity index (χ3n) is 4.39. The van der Waals surface area contributed by atoms with Crippen molar-refractivity contribution >= 4 is 11.6 Å². The van der Waals surface area contributed by atoms with Crippen molar-refractivity contribution < 1.29 is 4.74 Å². The van der Waals surface area contributed by atoms with Gasteiger partial charge in [0.15, 0.2) is 0 Å². The van der Waals surface area contributed by atoms with Crippen LogP contribution >= 0.6 is 11.6 Å². The van der Waals surface area contributed by atoms with Gasteiger partial charge in [0.25, 0.3) is 0 Å². The lowest BCUT2D eigenvalue weighted by atomic mass is 10.2. The average molecular weight is 360 g/mol. The predicted molar refractivity (Wildman–Crippen MR) is 103 cm³/mol. The molecule has 3 rings (SSSR count). The number of rotatable bonds is 8. The molecule has 2 aromatic rings. The normalized spacial score (nSPS) is 15.2. The number of ether oxygens (including phenoxy) is 1. The second kappa shape index (κ2) is 9.78. The number of hydrogen-bond acceptors (Lipinski definition) is 4. The number of piperazine rings is 1. The molecule has 1 fully saturated rings. The molecule has 0 aliphatic carbocycles. The zero-order valence-corrected chi connectivity index (χ0v) is 15.3. The van der Waals surface area contributed by atoms with Crippen LogP contribution in [0.4, 0.5) is 0 Å². The average Bonchev–Trinajstić information content (AvgIpc) is 2.65. The smallest absolute Gasteiger partial charge is 0.124 e. The Morgan fingerprint density at radius 1 is 1.08 bits per heavy atom. The van der Waals surface area contributed by atoms with Crippen molar-refractivity contribution in [1.29, 1.82) is 0 Å². The Kier molecular flexibility index (Phi) is 7.12. The molecule has 1 heterocycles. The molecule has 0 radical (unpaired) electrons. The number of halogens is 1. The van der Waals surface area contributed by atoms with E-state index in [-0.39, 0.29) is 0 Å². The summed E-state index contributed by atoms with van der Waals surface area (Å²) < 4.78 is 6.01. The van der Waals surface area contributed by atoms with Gasteiger partial charge in [-0.3, -0.25) is 4.90 Å². The van der Waals surface area contributed by atoms with E-state index in [2.05, 4.69) is 27.7 Å². The molecule has 134 valence electrons. The van der Waals surface area contributed by atoms with Gasteiger partial charge in [-0.2, -0.15) is 0 Å². The minimum Gasteiger partial charge on any atom is -0.489 e. The first-order valence-corrected chi connectivity index (χ1v) is 9.28. The van der Waals surface area contributed by atoms with Crippen molar-refractivity contribution in [3.8, 4) is 5.75 Å². The van der Waals surface area contributed by atoms with E-state index in [1.165, 1.54) is 5.56 Å². The molecular weight excluding hydrogens is 334 g/mol. The lowest BCUT2D eigenvalue weighted by molar-refractivity contribution is 0.240. The third-order valence-corrected chi connectivity index (χ3v) is 4.62. The third kappa shape index (κ3) is 6.01. The topological polar surface area (TPSA) is 36.5 Å². The van der Waals surface area contributed by atoms with Gasteiger partial charge in [-0.15, -0.1) is 0 Å². The first kappa shape index (κ1) is 18.2. The molecule has 0 unspecified atom stereocenters. The Morgan fingerprint density at radius 2 is 1.92 bits per heavy atom. The molecule has 1 aliphatic heterocycles. The molecule has 0 aromatic heterocycles. The highest BCUT2D eigenvalue weighted by molar-refractivity contribution is 6.30. The maximum atomic E-state index is 6.03. The largest absolute Gasteiger partial charge is 0.489 e. The van der Waals surface area contributed by atoms with E-state index in [9.17, 15) is 0 Å². The van der Waals surface area contributed by atoms with Gasteiger partial charge in [-0.05, 0) is 23.8 Å². The molecule has 25 heavy (non-hydrogen) atoms. The minimum atomic E-state index is 0.526. The van der Waals surface area contributed by atoms with Crippen LogP contribution < -0.4 is 15.4 Å². The monoisotopic (exact) mass is 359 g/mol. The van der Waals surface area contributed by atoms with E-state index in [1.807, 2.05) is 36.4 Å². The van der Waals surface area contributed by atoms with Gasteiger partial charge in [0, 0.05) is 56.4 Å². The van der Waals surface area contributed by atoms with Crippen LogP contribution in [0.15, 0.2) is 48.5 Å². The van der Waals surface area contributed by atoms with Crippen molar-refractivity contribution in [3.05, 3.63) is 64.7 Å². The Labute approximate surface area is 155 Å². The van der Waals surface area contributed by atoms with E-state index in [0.717, 1.165) is 62.1 Å². The van der Waals surface area contributed by atoms with Crippen molar-refractivity contribution in [3.63, 3.8) is 0 Å². The maximum absolute atomic E-state index is 6.03. The van der Waals surface area contributed by atoms with Crippen molar-refractivity contribution in [2.24, 2.45) is 0 Å². The van der Waals surface area contributed by atoms with E-state index >= 15 is 0 Å². The quantitative estimate of drug-likeness (QED) is 0.710. The SMILES string of the molecule is Clc1cccc(COc2ccccc2CNCCN2CCNCC2)c1. The molecule has 5 heteroatoms. The summed E-state index contributed by atoms with van der Waals surface area (Å²) in [4.78, 5) is 2.49. The summed E-state index contributed by atoms with van der Waals surface area (Å²) in [6.45, 7) is 7.90. The summed E-state index contributed by atoms with van der Waals surface area (Å²) in [5.74, 6) is 0.928. The summed E-state index contributed by atoms with van der Waals surface area (Å²) >= 11 is 6.03. The van der Waals surface area contributed by atoms with E-state index < -0.39 is 0 Å². The molecule has 0 bridgehead atoms. The van der Waals surface area contributed by atoms with Crippen molar-refractivity contribution in [2.45, 2.75) is 13.2 Å². The van der Waals surface area contributed by atoms with Gasteiger partial charge in [-0.25, -0.2) is 0 Å². The molecule has 2 N–H and O–H groups in total. The molecule has 1 aliphatic rings. The van der Waals surface area contributed by atoms with E-state index in [4.69, 9.17) is 16.3 Å². The van der Waals surface area contributed by atoms with E-state index in [0.29, 0.717) is 6.61 Å². The number of benzene rings is 2. The number of nitrogens with one attached hydrogen (secondary N) is 2. The summed E-state index contributed by atoms with van der Waals surface area (Å²) in [5.41, 5.74) is 2.26. The fourth-order valence-corrected chi connectivity index (χ4v) is 3.19. The molecule has 0 atom stereocenters. The second-order valence-corrected chi connectivity index (χ2v) is 6.73. The first-order chi connectivity index (χ1) is 12.3. The molecule has 4 nitrogen and oxygen atoms in total. The molecular formula is C20H26ClN3O. The minimum absolute atomic E-state index is 0.526. The zero-order valence-electron chi connectivity index (χ0n) is 14.5. The summed E-state index contributed by atoms with van der Waals surface area (Å²) in [6, 6.07) is 16.0. The summed E-state index contributed by atoms with van der Waals surface area (Å²) in [5, 5.41) is 7.66. The Hall–Kier alpha value is -1.59. The lowest BCUT2D eigenvalue weighted by Gasteiger charge is -2.27. The summed E-state index contributed by atoms with van der Waals surface area (Å²) in [6.07, 6.45) is 0. The van der Waals surface area contributed by atoms with Gasteiger partial charge >= 0.3 is 0 Å². The predicted octanol–water partition coefficient (Wildman–Crippen LogP) is 2.91. The van der Waals surface area contributed by atoms with Crippen molar-refractivity contribution in [2.75, 3.05) is 39.3 Å². The molecule has 0 amide bonds. The molecule has 0 saturated carbocycles. The molecule has 0 spiro atoms.